The fourth-order valence-electron chi connectivity index (χ4n) is 1.58. The molecular formula is C12H22O2S. The van der Waals surface area contributed by atoms with Crippen molar-refractivity contribution in [2.75, 3.05) is 12.4 Å². The molecule has 0 atom stereocenters. The van der Waals surface area contributed by atoms with Crippen molar-refractivity contribution in [3.63, 3.8) is 0 Å². The van der Waals surface area contributed by atoms with Crippen molar-refractivity contribution < 1.29 is 9.53 Å². The summed E-state index contributed by atoms with van der Waals surface area (Å²) in [7, 11) is 0. The van der Waals surface area contributed by atoms with Crippen LogP contribution in [0.1, 0.15) is 46.5 Å². The minimum Gasteiger partial charge on any atom is -0.465 e. The summed E-state index contributed by atoms with van der Waals surface area (Å²) < 4.78 is 5.21. The standard InChI is InChI=1S/C12H22O2S/c1-12(2,3)9-14-11(13)8-15-10-6-4-5-7-10/h10H,4-9H2,1-3H3. The molecule has 0 N–H and O–H groups in total. The highest BCUT2D eigenvalue weighted by Crippen LogP contribution is 2.29. The van der Waals surface area contributed by atoms with Crippen LogP contribution in [0.5, 0.6) is 0 Å². The molecule has 1 rings (SSSR count). The predicted molar refractivity (Wildman–Crippen MR) is 65.1 cm³/mol. The van der Waals surface area contributed by atoms with Crippen LogP contribution in [0.4, 0.5) is 0 Å². The van der Waals surface area contributed by atoms with Crippen LogP contribution in [-0.2, 0) is 9.53 Å². The Kier molecular flexibility index (Phi) is 4.97. The largest absolute Gasteiger partial charge is 0.465 e. The van der Waals surface area contributed by atoms with Gasteiger partial charge in [0.2, 0.25) is 0 Å². The molecule has 1 fully saturated rings. The zero-order valence-corrected chi connectivity index (χ0v) is 10.9. The molecular weight excluding hydrogens is 208 g/mol. The third-order valence-electron chi connectivity index (χ3n) is 2.41. The van der Waals surface area contributed by atoms with Gasteiger partial charge in [0.05, 0.1) is 12.4 Å². The molecule has 0 bridgehead atoms. The highest BCUT2D eigenvalue weighted by Gasteiger charge is 2.18. The van der Waals surface area contributed by atoms with Crippen LogP contribution in [0.2, 0.25) is 0 Å². The molecule has 0 aromatic carbocycles. The average Bonchev–Trinajstić information content (AvgIpc) is 2.62. The summed E-state index contributed by atoms with van der Waals surface area (Å²) in [4.78, 5) is 11.4. The summed E-state index contributed by atoms with van der Waals surface area (Å²) in [6.07, 6.45) is 5.21. The molecule has 0 amide bonds. The molecule has 0 radical (unpaired) electrons. The van der Waals surface area contributed by atoms with Crippen LogP contribution >= 0.6 is 11.8 Å². The topological polar surface area (TPSA) is 26.3 Å². The van der Waals surface area contributed by atoms with E-state index in [1.807, 2.05) is 0 Å². The Labute approximate surface area is 97.1 Å². The molecule has 1 saturated carbocycles. The molecule has 0 aromatic rings. The molecule has 0 spiro atoms. The normalized spacial score (nSPS) is 18.1. The monoisotopic (exact) mass is 230 g/mol. The highest BCUT2D eigenvalue weighted by atomic mass is 32.2. The van der Waals surface area contributed by atoms with Gasteiger partial charge < -0.3 is 4.74 Å². The van der Waals surface area contributed by atoms with E-state index in [2.05, 4.69) is 20.8 Å². The second-order valence-electron chi connectivity index (χ2n) is 5.44. The first-order valence-electron chi connectivity index (χ1n) is 5.74. The van der Waals surface area contributed by atoms with Gasteiger partial charge in [0.1, 0.15) is 0 Å². The van der Waals surface area contributed by atoms with Crippen LogP contribution in [0.25, 0.3) is 0 Å². The summed E-state index contributed by atoms with van der Waals surface area (Å²) in [5.41, 5.74) is 0.0771. The van der Waals surface area contributed by atoms with Gasteiger partial charge in [-0.3, -0.25) is 4.79 Å². The lowest BCUT2D eigenvalue weighted by molar-refractivity contribution is -0.143. The molecule has 15 heavy (non-hydrogen) atoms. The highest BCUT2D eigenvalue weighted by molar-refractivity contribution is 8.00. The van der Waals surface area contributed by atoms with Crippen molar-refractivity contribution in [3.8, 4) is 0 Å². The first kappa shape index (κ1) is 12.9. The smallest absolute Gasteiger partial charge is 0.315 e. The van der Waals surface area contributed by atoms with Crippen molar-refractivity contribution >= 4 is 17.7 Å². The van der Waals surface area contributed by atoms with Gasteiger partial charge in [0.15, 0.2) is 0 Å². The summed E-state index contributed by atoms with van der Waals surface area (Å²) in [6.45, 7) is 6.75. The lowest BCUT2D eigenvalue weighted by Crippen LogP contribution is -2.19. The van der Waals surface area contributed by atoms with E-state index in [4.69, 9.17) is 4.74 Å². The minimum atomic E-state index is -0.0539. The van der Waals surface area contributed by atoms with Crippen LogP contribution in [-0.4, -0.2) is 23.6 Å². The molecule has 0 aromatic heterocycles. The molecule has 1 aliphatic rings. The van der Waals surface area contributed by atoms with Crippen LogP contribution in [0.3, 0.4) is 0 Å². The molecule has 0 aliphatic heterocycles. The van der Waals surface area contributed by atoms with Gasteiger partial charge in [0, 0.05) is 5.25 Å². The second-order valence-corrected chi connectivity index (χ2v) is 6.73. The zero-order chi connectivity index (χ0) is 11.3. The molecule has 2 nitrogen and oxygen atoms in total. The number of hydrogen-bond acceptors (Lipinski definition) is 3. The van der Waals surface area contributed by atoms with E-state index in [9.17, 15) is 4.79 Å². The quantitative estimate of drug-likeness (QED) is 0.693. The average molecular weight is 230 g/mol. The van der Waals surface area contributed by atoms with Gasteiger partial charge in [0.25, 0.3) is 0 Å². The van der Waals surface area contributed by atoms with Gasteiger partial charge in [-0.1, -0.05) is 33.6 Å². The maximum Gasteiger partial charge on any atom is 0.315 e. The summed E-state index contributed by atoms with van der Waals surface area (Å²) >= 11 is 1.77. The van der Waals surface area contributed by atoms with E-state index in [0.29, 0.717) is 17.6 Å². The van der Waals surface area contributed by atoms with Gasteiger partial charge in [-0.05, 0) is 18.3 Å². The van der Waals surface area contributed by atoms with Crippen molar-refractivity contribution in [2.45, 2.75) is 51.7 Å². The van der Waals surface area contributed by atoms with Crippen LogP contribution < -0.4 is 0 Å². The second kappa shape index (κ2) is 5.78. The number of esters is 1. The first-order chi connectivity index (χ1) is 6.97. The van der Waals surface area contributed by atoms with E-state index in [-0.39, 0.29) is 11.4 Å². The lowest BCUT2D eigenvalue weighted by Gasteiger charge is -2.18. The molecule has 0 saturated heterocycles. The van der Waals surface area contributed by atoms with E-state index in [1.54, 1.807) is 11.8 Å². The third kappa shape index (κ3) is 6.08. The van der Waals surface area contributed by atoms with E-state index in [0.717, 1.165) is 0 Å². The fourth-order valence-corrected chi connectivity index (χ4v) is 2.70. The first-order valence-corrected chi connectivity index (χ1v) is 6.79. The van der Waals surface area contributed by atoms with Crippen molar-refractivity contribution in [2.24, 2.45) is 5.41 Å². The van der Waals surface area contributed by atoms with Gasteiger partial charge in [-0.25, -0.2) is 0 Å². The molecule has 3 heteroatoms. The number of carbonyl (C=O) groups excluding carboxylic acids is 1. The Morgan fingerprint density at radius 2 is 1.93 bits per heavy atom. The fraction of sp³-hybridized carbons (Fsp3) is 0.917. The van der Waals surface area contributed by atoms with Crippen molar-refractivity contribution in [3.05, 3.63) is 0 Å². The summed E-state index contributed by atoms with van der Waals surface area (Å²) in [5.74, 6) is 0.475. The van der Waals surface area contributed by atoms with Gasteiger partial charge >= 0.3 is 5.97 Å². The van der Waals surface area contributed by atoms with E-state index < -0.39 is 0 Å². The number of thioether (sulfide) groups is 1. The molecule has 88 valence electrons. The van der Waals surface area contributed by atoms with Gasteiger partial charge in [-0.15, -0.1) is 11.8 Å². The third-order valence-corrected chi connectivity index (χ3v) is 3.75. The minimum absolute atomic E-state index is 0.0539. The summed E-state index contributed by atoms with van der Waals surface area (Å²) in [6, 6.07) is 0. The Morgan fingerprint density at radius 3 is 2.47 bits per heavy atom. The molecule has 0 unspecified atom stereocenters. The SMILES string of the molecule is CC(C)(C)COC(=O)CSC1CCCC1. The zero-order valence-electron chi connectivity index (χ0n) is 10.0. The number of hydrogen-bond donors (Lipinski definition) is 0. The Hall–Kier alpha value is -0.180. The lowest BCUT2D eigenvalue weighted by atomic mass is 9.99. The molecule has 0 heterocycles. The number of ether oxygens (including phenoxy) is 1. The van der Waals surface area contributed by atoms with Gasteiger partial charge in [-0.2, -0.15) is 0 Å². The maximum absolute atomic E-state index is 11.4. The van der Waals surface area contributed by atoms with Crippen molar-refractivity contribution in [1.29, 1.82) is 0 Å². The Bertz CT molecular complexity index is 202. The van der Waals surface area contributed by atoms with E-state index in [1.165, 1.54) is 25.7 Å². The summed E-state index contributed by atoms with van der Waals surface area (Å²) in [5, 5.41) is 0.701. The molecule has 1 aliphatic carbocycles. The van der Waals surface area contributed by atoms with E-state index >= 15 is 0 Å². The Morgan fingerprint density at radius 1 is 1.33 bits per heavy atom. The number of rotatable bonds is 4. The Balaban J connectivity index is 2.08. The maximum atomic E-state index is 11.4. The predicted octanol–water partition coefficient (Wildman–Crippen LogP) is 3.25. The van der Waals surface area contributed by atoms with Crippen molar-refractivity contribution in [1.82, 2.24) is 0 Å². The van der Waals surface area contributed by atoms with Crippen LogP contribution in [0, 0.1) is 5.41 Å². The number of carbonyl (C=O) groups is 1. The van der Waals surface area contributed by atoms with Crippen LogP contribution in [0.15, 0.2) is 0 Å².